The second-order valence-electron chi connectivity index (χ2n) is 5.90. The van der Waals surface area contributed by atoms with Gasteiger partial charge >= 0.3 is 0 Å². The maximum atomic E-state index is 12.5. The van der Waals surface area contributed by atoms with E-state index in [9.17, 15) is 9.59 Å². The Hall–Kier alpha value is -2.13. The number of hydrogen-bond acceptors (Lipinski definition) is 6. The standard InChI is InChI=1S/C16H19N5O2S2/c1-9(2)21-12(5-7-17-21)19-14(22)10(3)25-16-18-11-6-8-24-13(11)15(23)20(16)4/h5-10H,1-4H3,(H,19,22). The molecule has 3 rings (SSSR count). The summed E-state index contributed by atoms with van der Waals surface area (Å²) in [5, 5.41) is 9.05. The van der Waals surface area contributed by atoms with E-state index in [0.29, 0.717) is 21.2 Å². The molecule has 0 saturated carbocycles. The molecule has 0 aromatic carbocycles. The van der Waals surface area contributed by atoms with Crippen LogP contribution in [0.2, 0.25) is 0 Å². The molecular formula is C16H19N5O2S2. The number of rotatable bonds is 5. The molecule has 3 heterocycles. The van der Waals surface area contributed by atoms with Crippen LogP contribution in [-0.2, 0) is 11.8 Å². The lowest BCUT2D eigenvalue weighted by atomic mass is 10.4. The van der Waals surface area contributed by atoms with Crippen LogP contribution >= 0.6 is 23.1 Å². The first-order chi connectivity index (χ1) is 11.9. The first-order valence-electron chi connectivity index (χ1n) is 7.83. The fourth-order valence-electron chi connectivity index (χ4n) is 2.34. The average molecular weight is 377 g/mol. The van der Waals surface area contributed by atoms with Gasteiger partial charge in [0, 0.05) is 19.2 Å². The predicted octanol–water partition coefficient (Wildman–Crippen LogP) is 2.89. The van der Waals surface area contributed by atoms with Gasteiger partial charge in [-0.1, -0.05) is 11.8 Å². The van der Waals surface area contributed by atoms with Crippen LogP contribution in [0.3, 0.4) is 0 Å². The molecule has 0 aliphatic carbocycles. The van der Waals surface area contributed by atoms with E-state index in [4.69, 9.17) is 0 Å². The Balaban J connectivity index is 1.79. The first kappa shape index (κ1) is 17.7. The Kier molecular flexibility index (Phi) is 4.96. The molecule has 0 saturated heterocycles. The third-order valence-electron chi connectivity index (χ3n) is 3.71. The molecule has 9 heteroatoms. The van der Waals surface area contributed by atoms with Crippen molar-refractivity contribution in [3.8, 4) is 0 Å². The number of nitrogens with one attached hydrogen (secondary N) is 1. The SMILES string of the molecule is CC(Sc1nc2ccsc2c(=O)n1C)C(=O)Nc1ccnn1C(C)C. The average Bonchev–Trinajstić information content (AvgIpc) is 3.21. The third kappa shape index (κ3) is 3.47. The lowest BCUT2D eigenvalue weighted by Gasteiger charge is -2.15. The highest BCUT2D eigenvalue weighted by Gasteiger charge is 2.20. The van der Waals surface area contributed by atoms with Gasteiger partial charge < -0.3 is 5.32 Å². The second kappa shape index (κ2) is 7.01. The molecule has 132 valence electrons. The van der Waals surface area contributed by atoms with Crippen LogP contribution in [0.5, 0.6) is 0 Å². The quantitative estimate of drug-likeness (QED) is 0.546. The van der Waals surface area contributed by atoms with E-state index < -0.39 is 5.25 Å². The number of carbonyl (C=O) groups excluding carboxylic acids is 1. The van der Waals surface area contributed by atoms with Crippen molar-refractivity contribution in [3.05, 3.63) is 34.1 Å². The summed E-state index contributed by atoms with van der Waals surface area (Å²) in [5.74, 6) is 0.495. The monoisotopic (exact) mass is 377 g/mol. The zero-order chi connectivity index (χ0) is 18.1. The van der Waals surface area contributed by atoms with Gasteiger partial charge in [-0.3, -0.25) is 14.2 Å². The van der Waals surface area contributed by atoms with E-state index in [1.807, 2.05) is 25.3 Å². The molecular weight excluding hydrogens is 358 g/mol. The smallest absolute Gasteiger partial charge is 0.271 e. The predicted molar refractivity (Wildman–Crippen MR) is 101 cm³/mol. The summed E-state index contributed by atoms with van der Waals surface area (Å²) in [6.45, 7) is 5.78. The van der Waals surface area contributed by atoms with Crippen molar-refractivity contribution in [2.24, 2.45) is 7.05 Å². The van der Waals surface area contributed by atoms with Gasteiger partial charge in [-0.2, -0.15) is 5.10 Å². The largest absolute Gasteiger partial charge is 0.310 e. The van der Waals surface area contributed by atoms with Crippen molar-refractivity contribution >= 4 is 45.0 Å². The van der Waals surface area contributed by atoms with Gasteiger partial charge in [-0.05, 0) is 32.2 Å². The molecule has 1 unspecified atom stereocenters. The number of thiophene rings is 1. The highest BCUT2D eigenvalue weighted by molar-refractivity contribution is 8.00. The highest BCUT2D eigenvalue weighted by atomic mass is 32.2. The van der Waals surface area contributed by atoms with Crippen LogP contribution in [0.1, 0.15) is 26.8 Å². The summed E-state index contributed by atoms with van der Waals surface area (Å²) in [4.78, 5) is 29.4. The number of carbonyl (C=O) groups is 1. The molecule has 3 aromatic heterocycles. The summed E-state index contributed by atoms with van der Waals surface area (Å²) < 4.78 is 3.87. The number of nitrogens with zero attached hydrogens (tertiary/aromatic N) is 4. The molecule has 1 atom stereocenters. The zero-order valence-corrected chi connectivity index (χ0v) is 16.0. The van der Waals surface area contributed by atoms with E-state index in [1.165, 1.54) is 27.7 Å². The summed E-state index contributed by atoms with van der Waals surface area (Å²) >= 11 is 2.64. The highest BCUT2D eigenvalue weighted by Crippen LogP contribution is 2.24. The molecule has 0 radical (unpaired) electrons. The molecule has 7 nitrogen and oxygen atoms in total. The minimum atomic E-state index is -0.412. The number of aromatic nitrogens is 4. The fraction of sp³-hybridized carbons (Fsp3) is 0.375. The van der Waals surface area contributed by atoms with Crippen molar-refractivity contribution in [2.45, 2.75) is 37.2 Å². The van der Waals surface area contributed by atoms with Crippen molar-refractivity contribution in [3.63, 3.8) is 0 Å². The summed E-state index contributed by atoms with van der Waals surface area (Å²) in [5.41, 5.74) is 0.578. The van der Waals surface area contributed by atoms with Crippen LogP contribution < -0.4 is 10.9 Å². The maximum Gasteiger partial charge on any atom is 0.271 e. The zero-order valence-electron chi connectivity index (χ0n) is 14.4. The van der Waals surface area contributed by atoms with Crippen LogP contribution in [0.15, 0.2) is 33.7 Å². The fourth-order valence-corrected chi connectivity index (χ4v) is 4.02. The molecule has 0 aliphatic heterocycles. The molecule has 1 N–H and O–H groups in total. The van der Waals surface area contributed by atoms with Gasteiger partial charge in [0.25, 0.3) is 5.56 Å². The number of fused-ring (bicyclic) bond motifs is 1. The Labute approximate surface area is 153 Å². The number of hydrogen-bond donors (Lipinski definition) is 1. The van der Waals surface area contributed by atoms with Crippen LogP contribution in [0.25, 0.3) is 10.2 Å². The van der Waals surface area contributed by atoms with Crippen molar-refractivity contribution in [2.75, 3.05) is 5.32 Å². The Morgan fingerprint density at radius 2 is 2.08 bits per heavy atom. The Morgan fingerprint density at radius 3 is 2.80 bits per heavy atom. The minimum Gasteiger partial charge on any atom is -0.310 e. The van der Waals surface area contributed by atoms with E-state index in [0.717, 1.165) is 0 Å². The Morgan fingerprint density at radius 1 is 1.32 bits per heavy atom. The normalized spacial score (nSPS) is 12.7. The van der Waals surface area contributed by atoms with E-state index in [2.05, 4.69) is 15.4 Å². The van der Waals surface area contributed by atoms with E-state index in [1.54, 1.807) is 30.9 Å². The number of anilines is 1. The first-order valence-corrected chi connectivity index (χ1v) is 9.59. The van der Waals surface area contributed by atoms with Crippen LogP contribution in [-0.4, -0.2) is 30.5 Å². The molecule has 1 amide bonds. The summed E-state index contributed by atoms with van der Waals surface area (Å²) in [6.07, 6.45) is 1.66. The van der Waals surface area contributed by atoms with Gasteiger partial charge in [0.2, 0.25) is 5.91 Å². The minimum absolute atomic E-state index is 0.0898. The van der Waals surface area contributed by atoms with E-state index in [-0.39, 0.29) is 17.5 Å². The lowest BCUT2D eigenvalue weighted by Crippen LogP contribution is -2.26. The van der Waals surface area contributed by atoms with Gasteiger partial charge in [-0.25, -0.2) is 9.67 Å². The van der Waals surface area contributed by atoms with Gasteiger partial charge in [0.05, 0.1) is 17.0 Å². The molecule has 3 aromatic rings. The molecule has 0 bridgehead atoms. The molecule has 0 fully saturated rings. The molecule has 0 aliphatic rings. The lowest BCUT2D eigenvalue weighted by molar-refractivity contribution is -0.115. The molecule has 0 spiro atoms. The van der Waals surface area contributed by atoms with Crippen molar-refractivity contribution < 1.29 is 4.79 Å². The van der Waals surface area contributed by atoms with Crippen molar-refractivity contribution in [1.29, 1.82) is 0 Å². The Bertz CT molecular complexity index is 972. The number of thioether (sulfide) groups is 1. The maximum absolute atomic E-state index is 12.5. The summed E-state index contributed by atoms with van der Waals surface area (Å²) in [7, 11) is 1.68. The number of amides is 1. The van der Waals surface area contributed by atoms with Crippen molar-refractivity contribution in [1.82, 2.24) is 19.3 Å². The summed E-state index contributed by atoms with van der Waals surface area (Å²) in [6, 6.07) is 3.73. The topological polar surface area (TPSA) is 81.8 Å². The van der Waals surface area contributed by atoms with Gasteiger partial charge in [0.1, 0.15) is 10.5 Å². The van der Waals surface area contributed by atoms with Gasteiger partial charge in [0.15, 0.2) is 5.16 Å². The second-order valence-corrected chi connectivity index (χ2v) is 8.12. The molecule has 25 heavy (non-hydrogen) atoms. The van der Waals surface area contributed by atoms with Crippen LogP contribution in [0.4, 0.5) is 5.82 Å². The van der Waals surface area contributed by atoms with Crippen LogP contribution in [0, 0.1) is 0 Å². The third-order valence-corrected chi connectivity index (χ3v) is 5.74. The van der Waals surface area contributed by atoms with E-state index >= 15 is 0 Å². The van der Waals surface area contributed by atoms with Gasteiger partial charge in [-0.15, -0.1) is 11.3 Å².